The summed E-state index contributed by atoms with van der Waals surface area (Å²) in [7, 11) is 0. The highest BCUT2D eigenvalue weighted by molar-refractivity contribution is 5.33. The van der Waals surface area contributed by atoms with Crippen LogP contribution in [0, 0.1) is 6.92 Å². The van der Waals surface area contributed by atoms with Crippen LogP contribution in [0.25, 0.3) is 5.82 Å². The Hall–Kier alpha value is -2.83. The van der Waals surface area contributed by atoms with Gasteiger partial charge in [0, 0.05) is 23.9 Å². The maximum Gasteiger partial charge on any atom is 0.416 e. The van der Waals surface area contributed by atoms with Crippen LogP contribution < -0.4 is 5.56 Å². The molecule has 0 radical (unpaired) electrons. The number of nitrogens with one attached hydrogen (secondary N) is 1. The van der Waals surface area contributed by atoms with Gasteiger partial charge in [0.25, 0.3) is 5.56 Å². The maximum atomic E-state index is 12.8. The molecule has 2 aromatic heterocycles. The third-order valence-electron chi connectivity index (χ3n) is 3.71. The minimum absolute atomic E-state index is 0.116. The summed E-state index contributed by atoms with van der Waals surface area (Å²) in [4.78, 5) is 16.6. The van der Waals surface area contributed by atoms with Crippen molar-refractivity contribution >= 4 is 0 Å². The SMILES string of the molecule is Cc1[nH]n(-c2ccccn2)c(=O)c1Cc1cccc(C(F)(F)F)c1. The van der Waals surface area contributed by atoms with Crippen molar-refractivity contribution in [1.29, 1.82) is 0 Å². The van der Waals surface area contributed by atoms with E-state index in [4.69, 9.17) is 0 Å². The normalized spacial score (nSPS) is 11.7. The standard InChI is InChI=1S/C17H14F3N3O/c1-11-14(10-12-5-4-6-13(9-12)17(18,19)20)16(24)23(22-11)15-7-2-3-8-21-15/h2-9,22H,10H2,1H3. The van der Waals surface area contributed by atoms with Crippen LogP contribution in [0.15, 0.2) is 53.5 Å². The Kier molecular flexibility index (Phi) is 4.01. The van der Waals surface area contributed by atoms with Crippen molar-refractivity contribution in [3.05, 3.63) is 81.4 Å². The van der Waals surface area contributed by atoms with E-state index >= 15 is 0 Å². The molecule has 0 spiro atoms. The fourth-order valence-corrected chi connectivity index (χ4v) is 2.50. The lowest BCUT2D eigenvalue weighted by atomic mass is 10.0. The molecule has 1 N–H and O–H groups in total. The molecule has 0 bridgehead atoms. The second-order valence-corrected chi connectivity index (χ2v) is 5.42. The first-order valence-electron chi connectivity index (χ1n) is 7.24. The highest BCUT2D eigenvalue weighted by atomic mass is 19.4. The Morgan fingerprint density at radius 1 is 1.17 bits per heavy atom. The van der Waals surface area contributed by atoms with Crippen LogP contribution in [0.1, 0.15) is 22.4 Å². The fraction of sp³-hybridized carbons (Fsp3) is 0.176. The van der Waals surface area contributed by atoms with Gasteiger partial charge in [-0.2, -0.15) is 13.2 Å². The lowest BCUT2D eigenvalue weighted by Gasteiger charge is -2.08. The number of benzene rings is 1. The highest BCUT2D eigenvalue weighted by Gasteiger charge is 2.30. The Labute approximate surface area is 135 Å². The summed E-state index contributed by atoms with van der Waals surface area (Å²) in [5.74, 6) is 0.431. The molecule has 124 valence electrons. The van der Waals surface area contributed by atoms with Gasteiger partial charge in [-0.25, -0.2) is 9.67 Å². The molecule has 0 amide bonds. The molecule has 0 unspecified atom stereocenters. The number of nitrogens with zero attached hydrogens (tertiary/aromatic N) is 2. The zero-order valence-electron chi connectivity index (χ0n) is 12.8. The molecule has 2 heterocycles. The number of hydrogen-bond donors (Lipinski definition) is 1. The Bertz CT molecular complexity index is 911. The fourth-order valence-electron chi connectivity index (χ4n) is 2.50. The first-order valence-corrected chi connectivity index (χ1v) is 7.24. The molecule has 3 aromatic rings. The van der Waals surface area contributed by atoms with Gasteiger partial charge >= 0.3 is 6.18 Å². The lowest BCUT2D eigenvalue weighted by Crippen LogP contribution is -2.18. The zero-order valence-corrected chi connectivity index (χ0v) is 12.8. The molecule has 0 atom stereocenters. The minimum Gasteiger partial charge on any atom is -0.294 e. The molecule has 0 fully saturated rings. The predicted octanol–water partition coefficient (Wildman–Crippen LogP) is 3.48. The number of hydrogen-bond acceptors (Lipinski definition) is 2. The number of aromatic nitrogens is 3. The van der Waals surface area contributed by atoms with Gasteiger partial charge in [-0.15, -0.1) is 0 Å². The van der Waals surface area contributed by atoms with E-state index in [-0.39, 0.29) is 12.0 Å². The summed E-state index contributed by atoms with van der Waals surface area (Å²) < 4.78 is 39.7. The van der Waals surface area contributed by atoms with E-state index < -0.39 is 11.7 Å². The van der Waals surface area contributed by atoms with Crippen molar-refractivity contribution < 1.29 is 13.2 Å². The van der Waals surface area contributed by atoms with Crippen LogP contribution in [0.3, 0.4) is 0 Å². The van der Waals surface area contributed by atoms with Crippen molar-refractivity contribution in [3.8, 4) is 5.82 Å². The van der Waals surface area contributed by atoms with E-state index in [0.29, 0.717) is 22.6 Å². The largest absolute Gasteiger partial charge is 0.416 e. The van der Waals surface area contributed by atoms with Gasteiger partial charge in [0.2, 0.25) is 0 Å². The van der Waals surface area contributed by atoms with Gasteiger partial charge in [0.1, 0.15) is 0 Å². The van der Waals surface area contributed by atoms with E-state index in [2.05, 4.69) is 10.1 Å². The highest BCUT2D eigenvalue weighted by Crippen LogP contribution is 2.29. The first-order chi connectivity index (χ1) is 11.4. The van der Waals surface area contributed by atoms with Crippen LogP contribution in [0.5, 0.6) is 0 Å². The van der Waals surface area contributed by atoms with Gasteiger partial charge in [-0.1, -0.05) is 24.3 Å². The monoisotopic (exact) mass is 333 g/mol. The number of halogens is 3. The van der Waals surface area contributed by atoms with E-state index in [1.54, 1.807) is 37.4 Å². The number of aromatic amines is 1. The van der Waals surface area contributed by atoms with E-state index in [0.717, 1.165) is 12.1 Å². The number of alkyl halides is 3. The molecule has 7 heteroatoms. The number of H-pyrrole nitrogens is 1. The summed E-state index contributed by atoms with van der Waals surface area (Å²) in [6, 6.07) is 10.1. The van der Waals surface area contributed by atoms with Crippen LogP contribution in [-0.2, 0) is 12.6 Å². The van der Waals surface area contributed by atoms with Crippen LogP contribution in [-0.4, -0.2) is 14.8 Å². The molecule has 0 saturated heterocycles. The van der Waals surface area contributed by atoms with Crippen molar-refractivity contribution in [2.45, 2.75) is 19.5 Å². The molecule has 24 heavy (non-hydrogen) atoms. The molecule has 0 aliphatic rings. The van der Waals surface area contributed by atoms with Crippen molar-refractivity contribution in [1.82, 2.24) is 14.8 Å². The average Bonchev–Trinajstić information content (AvgIpc) is 2.83. The van der Waals surface area contributed by atoms with Crippen LogP contribution in [0.4, 0.5) is 13.2 Å². The average molecular weight is 333 g/mol. The molecule has 0 saturated carbocycles. The van der Waals surface area contributed by atoms with Gasteiger partial charge in [0.15, 0.2) is 5.82 Å². The minimum atomic E-state index is -4.41. The van der Waals surface area contributed by atoms with Crippen LogP contribution in [0.2, 0.25) is 0 Å². The number of pyridine rings is 1. The van der Waals surface area contributed by atoms with Gasteiger partial charge in [0.05, 0.1) is 5.56 Å². The summed E-state index contributed by atoms with van der Waals surface area (Å²) in [5, 5.41) is 2.91. The molecule has 0 aliphatic carbocycles. The van der Waals surface area contributed by atoms with Crippen molar-refractivity contribution in [2.75, 3.05) is 0 Å². The zero-order chi connectivity index (χ0) is 17.3. The van der Waals surface area contributed by atoms with Crippen molar-refractivity contribution in [2.24, 2.45) is 0 Å². The number of aryl methyl sites for hydroxylation is 1. The number of rotatable bonds is 3. The van der Waals surface area contributed by atoms with Gasteiger partial charge in [-0.3, -0.25) is 9.89 Å². The van der Waals surface area contributed by atoms with Crippen molar-refractivity contribution in [3.63, 3.8) is 0 Å². The summed E-state index contributed by atoms with van der Waals surface area (Å²) in [6.07, 6.45) is -2.73. The first kappa shape index (κ1) is 16.0. The van der Waals surface area contributed by atoms with E-state index in [9.17, 15) is 18.0 Å². The predicted molar refractivity (Wildman–Crippen MR) is 83.2 cm³/mol. The second-order valence-electron chi connectivity index (χ2n) is 5.42. The quantitative estimate of drug-likeness (QED) is 0.798. The molecule has 3 rings (SSSR count). The van der Waals surface area contributed by atoms with Gasteiger partial charge < -0.3 is 0 Å². The smallest absolute Gasteiger partial charge is 0.294 e. The molecule has 4 nitrogen and oxygen atoms in total. The molecule has 0 aliphatic heterocycles. The van der Waals surface area contributed by atoms with Gasteiger partial charge in [-0.05, 0) is 30.7 Å². The summed E-state index contributed by atoms with van der Waals surface area (Å²) in [5.41, 5.74) is 0.405. The third-order valence-corrected chi connectivity index (χ3v) is 3.71. The lowest BCUT2D eigenvalue weighted by molar-refractivity contribution is -0.137. The van der Waals surface area contributed by atoms with Crippen LogP contribution >= 0.6 is 0 Å². The maximum absolute atomic E-state index is 12.8. The Morgan fingerprint density at radius 3 is 2.62 bits per heavy atom. The molecular weight excluding hydrogens is 319 g/mol. The molecule has 1 aromatic carbocycles. The third kappa shape index (κ3) is 3.10. The molecular formula is C17H14F3N3O. The summed E-state index contributed by atoms with van der Waals surface area (Å²) in [6.45, 7) is 1.71. The summed E-state index contributed by atoms with van der Waals surface area (Å²) >= 11 is 0. The Balaban J connectivity index is 1.98. The van der Waals surface area contributed by atoms with E-state index in [1.807, 2.05) is 0 Å². The topological polar surface area (TPSA) is 50.7 Å². The second kappa shape index (κ2) is 5.99. The van der Waals surface area contributed by atoms with E-state index in [1.165, 1.54) is 10.7 Å². The Morgan fingerprint density at radius 2 is 1.96 bits per heavy atom.